The van der Waals surface area contributed by atoms with Crippen LogP contribution in [0, 0.1) is 0 Å². The van der Waals surface area contributed by atoms with Crippen molar-refractivity contribution in [2.75, 3.05) is 17.2 Å². The number of nitrogens with two attached hydrogens (primary N) is 1. The van der Waals surface area contributed by atoms with Crippen LogP contribution in [-0.2, 0) is 0 Å². The molecule has 1 saturated heterocycles. The molecule has 0 amide bonds. The van der Waals surface area contributed by atoms with Crippen LogP contribution in [0.3, 0.4) is 0 Å². The number of nitrogens with zero attached hydrogens (tertiary/aromatic N) is 1. The highest BCUT2D eigenvalue weighted by atomic mass is 79.9. The Balaban J connectivity index is 2.30. The van der Waals surface area contributed by atoms with E-state index in [0.717, 1.165) is 16.6 Å². The Morgan fingerprint density at radius 3 is 2.83 bits per heavy atom. The summed E-state index contributed by atoms with van der Waals surface area (Å²) in [4.78, 5) is 2.90. The van der Waals surface area contributed by atoms with E-state index in [9.17, 15) is 0 Å². The van der Waals surface area contributed by atoms with E-state index in [1.54, 1.807) is 0 Å². The molecule has 1 aliphatic rings. The first kappa shape index (κ1) is 14.2. The molecule has 2 N–H and O–H groups in total. The van der Waals surface area contributed by atoms with Gasteiger partial charge in [-0.1, -0.05) is 19.1 Å². The summed E-state index contributed by atoms with van der Waals surface area (Å²) >= 11 is 10.7. The minimum absolute atomic E-state index is 0.442. The first-order valence-electron chi connectivity index (χ1n) is 5.98. The van der Waals surface area contributed by atoms with Crippen LogP contribution in [0.2, 0.25) is 0 Å². The van der Waals surface area contributed by atoms with Gasteiger partial charge in [0.05, 0.1) is 5.69 Å². The lowest BCUT2D eigenvalue weighted by atomic mass is 10.1. The molecule has 1 fully saturated rings. The van der Waals surface area contributed by atoms with Crippen molar-refractivity contribution in [3.8, 4) is 0 Å². The average Bonchev–Trinajstić information content (AvgIpc) is 2.33. The van der Waals surface area contributed by atoms with E-state index in [0.29, 0.717) is 16.3 Å². The van der Waals surface area contributed by atoms with Crippen LogP contribution in [0.1, 0.15) is 19.4 Å². The molecule has 0 aliphatic carbocycles. The third kappa shape index (κ3) is 2.83. The molecule has 2 atom stereocenters. The molecule has 2 nitrogen and oxygen atoms in total. The Kier molecular flexibility index (Phi) is 4.56. The Labute approximate surface area is 126 Å². The Hall–Kier alpha value is -0.260. The molecule has 0 bridgehead atoms. The van der Waals surface area contributed by atoms with Crippen LogP contribution in [0.4, 0.5) is 5.69 Å². The molecular weight excluding hydrogens is 328 g/mol. The van der Waals surface area contributed by atoms with Gasteiger partial charge in [0.2, 0.25) is 0 Å². The first-order chi connectivity index (χ1) is 8.50. The lowest BCUT2D eigenvalue weighted by Crippen LogP contribution is -2.44. The van der Waals surface area contributed by atoms with Gasteiger partial charge in [0.1, 0.15) is 4.99 Å². The maximum absolute atomic E-state index is 5.65. The molecule has 1 heterocycles. The van der Waals surface area contributed by atoms with Gasteiger partial charge in [0.25, 0.3) is 0 Å². The van der Waals surface area contributed by atoms with Gasteiger partial charge in [-0.25, -0.2) is 0 Å². The van der Waals surface area contributed by atoms with Crippen LogP contribution in [0.15, 0.2) is 22.7 Å². The number of hydrogen-bond acceptors (Lipinski definition) is 3. The quantitative estimate of drug-likeness (QED) is 0.832. The van der Waals surface area contributed by atoms with Crippen molar-refractivity contribution >= 4 is 50.6 Å². The fraction of sp³-hybridized carbons (Fsp3) is 0.462. The zero-order valence-electron chi connectivity index (χ0n) is 10.5. The zero-order valence-corrected chi connectivity index (χ0v) is 13.7. The lowest BCUT2D eigenvalue weighted by Gasteiger charge is -2.39. The highest BCUT2D eigenvalue weighted by Gasteiger charge is 2.26. The predicted molar refractivity (Wildman–Crippen MR) is 88.8 cm³/mol. The largest absolute Gasteiger partial charge is 0.389 e. The molecule has 98 valence electrons. The summed E-state index contributed by atoms with van der Waals surface area (Å²) < 4.78 is 1.07. The smallest absolute Gasteiger partial charge is 0.104 e. The normalized spacial score (nSPS) is 24.1. The van der Waals surface area contributed by atoms with Crippen LogP contribution >= 0.6 is 39.9 Å². The number of hydrogen-bond donors (Lipinski definition) is 1. The van der Waals surface area contributed by atoms with Crippen molar-refractivity contribution in [1.29, 1.82) is 0 Å². The molecule has 0 aromatic heterocycles. The molecule has 0 spiro atoms. The fourth-order valence-corrected chi connectivity index (χ4v) is 4.00. The van der Waals surface area contributed by atoms with E-state index >= 15 is 0 Å². The van der Waals surface area contributed by atoms with E-state index in [-0.39, 0.29) is 0 Å². The van der Waals surface area contributed by atoms with Crippen molar-refractivity contribution < 1.29 is 0 Å². The van der Waals surface area contributed by atoms with Crippen LogP contribution in [0.25, 0.3) is 0 Å². The number of thioether (sulfide) groups is 1. The van der Waals surface area contributed by atoms with Gasteiger partial charge in [-0.05, 0) is 41.1 Å². The molecular formula is C13H17BrN2S2. The second-order valence-corrected chi connectivity index (χ2v) is 7.32. The number of thiocarbonyl (C=S) groups is 1. The van der Waals surface area contributed by atoms with Gasteiger partial charge in [0, 0.05) is 33.6 Å². The third-order valence-electron chi connectivity index (χ3n) is 3.43. The van der Waals surface area contributed by atoms with E-state index in [2.05, 4.69) is 40.7 Å². The van der Waals surface area contributed by atoms with Gasteiger partial charge < -0.3 is 10.6 Å². The highest BCUT2D eigenvalue weighted by Crippen LogP contribution is 2.34. The van der Waals surface area contributed by atoms with Crippen molar-refractivity contribution in [1.82, 2.24) is 0 Å². The third-order valence-corrected chi connectivity index (χ3v) is 5.63. The minimum Gasteiger partial charge on any atom is -0.389 e. The van der Waals surface area contributed by atoms with E-state index in [1.807, 2.05) is 23.9 Å². The summed E-state index contributed by atoms with van der Waals surface area (Å²) in [5.41, 5.74) is 7.80. The predicted octanol–water partition coefficient (Wildman–Crippen LogP) is 3.41. The van der Waals surface area contributed by atoms with E-state index < -0.39 is 0 Å². The maximum Gasteiger partial charge on any atom is 0.104 e. The van der Waals surface area contributed by atoms with Crippen molar-refractivity contribution in [2.24, 2.45) is 5.73 Å². The van der Waals surface area contributed by atoms with Crippen molar-refractivity contribution in [2.45, 2.75) is 25.1 Å². The van der Waals surface area contributed by atoms with Crippen molar-refractivity contribution in [3.05, 3.63) is 28.2 Å². The summed E-state index contributed by atoms with van der Waals surface area (Å²) in [6.45, 7) is 5.66. The van der Waals surface area contributed by atoms with Crippen LogP contribution in [-0.4, -0.2) is 28.6 Å². The van der Waals surface area contributed by atoms with Gasteiger partial charge in [-0.3, -0.25) is 0 Å². The van der Waals surface area contributed by atoms with E-state index in [1.165, 1.54) is 11.4 Å². The van der Waals surface area contributed by atoms with Gasteiger partial charge in [-0.15, -0.1) is 0 Å². The van der Waals surface area contributed by atoms with Gasteiger partial charge in [0.15, 0.2) is 0 Å². The van der Waals surface area contributed by atoms with Gasteiger partial charge in [-0.2, -0.15) is 11.8 Å². The number of halogens is 1. The number of benzene rings is 1. The van der Waals surface area contributed by atoms with E-state index in [4.69, 9.17) is 18.0 Å². The zero-order chi connectivity index (χ0) is 13.3. The topological polar surface area (TPSA) is 29.3 Å². The van der Waals surface area contributed by atoms with Gasteiger partial charge >= 0.3 is 0 Å². The molecule has 0 saturated carbocycles. The summed E-state index contributed by atoms with van der Waals surface area (Å²) in [7, 11) is 0. The Bertz CT molecular complexity index is 464. The van der Waals surface area contributed by atoms with Crippen LogP contribution in [0.5, 0.6) is 0 Å². The minimum atomic E-state index is 0.442. The molecule has 0 radical (unpaired) electrons. The molecule has 5 heteroatoms. The number of rotatable bonds is 2. The molecule has 1 aliphatic heterocycles. The fourth-order valence-electron chi connectivity index (χ4n) is 2.17. The number of anilines is 1. The SMILES string of the molecule is CC1SCCN(c2ccc(C(N)=S)cc2Br)C1C. The highest BCUT2D eigenvalue weighted by molar-refractivity contribution is 9.10. The van der Waals surface area contributed by atoms with Crippen molar-refractivity contribution in [3.63, 3.8) is 0 Å². The molecule has 2 unspecified atom stereocenters. The molecule has 1 aromatic carbocycles. The summed E-state index contributed by atoms with van der Waals surface area (Å²) in [6, 6.07) is 6.66. The second-order valence-electron chi connectivity index (χ2n) is 4.54. The lowest BCUT2D eigenvalue weighted by molar-refractivity contribution is 0.626. The first-order valence-corrected chi connectivity index (χ1v) is 8.23. The monoisotopic (exact) mass is 344 g/mol. The molecule has 18 heavy (non-hydrogen) atoms. The molecule has 1 aromatic rings. The average molecular weight is 345 g/mol. The molecule has 2 rings (SSSR count). The van der Waals surface area contributed by atoms with Crippen LogP contribution < -0.4 is 10.6 Å². The maximum atomic E-state index is 5.65. The second kappa shape index (κ2) is 5.80. The summed E-state index contributed by atoms with van der Waals surface area (Å²) in [6.07, 6.45) is 0. The Morgan fingerprint density at radius 1 is 1.50 bits per heavy atom. The Morgan fingerprint density at radius 2 is 2.22 bits per heavy atom. The summed E-state index contributed by atoms with van der Waals surface area (Å²) in [5.74, 6) is 1.18. The standard InChI is InChI=1S/C13H17BrN2S2/c1-8-9(2)18-6-5-16(8)12-4-3-10(13(15)17)7-11(12)14/h3-4,7-9H,5-6H2,1-2H3,(H2,15,17). The summed E-state index contributed by atoms with van der Waals surface area (Å²) in [5, 5.41) is 0.654.